The molecule has 1 saturated heterocycles. The standard InChI is InChI=1S/C22H34N6.HI/c1-18-9-13-27(14-10-18)19(2)15-24-22(23-3)25-16-20-7-4-5-8-21(20)17-28-12-6-11-26-28;/h4-8,11-12,18-19H,9-10,13-17H2,1-3H3,(H2,23,24,25);1H. The van der Waals surface area contributed by atoms with Crippen LogP contribution in [0.5, 0.6) is 0 Å². The second-order valence-corrected chi connectivity index (χ2v) is 7.85. The molecule has 1 fully saturated rings. The van der Waals surface area contributed by atoms with E-state index in [1.165, 1.54) is 37.1 Å². The van der Waals surface area contributed by atoms with Crippen molar-refractivity contribution in [1.29, 1.82) is 0 Å². The van der Waals surface area contributed by atoms with Gasteiger partial charge in [0.2, 0.25) is 0 Å². The summed E-state index contributed by atoms with van der Waals surface area (Å²) < 4.78 is 1.95. The van der Waals surface area contributed by atoms with Gasteiger partial charge in [0.05, 0.1) is 6.54 Å². The SMILES string of the molecule is CN=C(NCc1ccccc1Cn1cccn1)NCC(C)N1CCC(C)CC1.I. The Kier molecular flexibility index (Phi) is 9.93. The third kappa shape index (κ3) is 7.29. The highest BCUT2D eigenvalue weighted by Crippen LogP contribution is 2.17. The minimum Gasteiger partial charge on any atom is -0.355 e. The molecule has 0 amide bonds. The van der Waals surface area contributed by atoms with Crippen LogP contribution in [0.2, 0.25) is 0 Å². The summed E-state index contributed by atoms with van der Waals surface area (Å²) in [5.41, 5.74) is 2.53. The topological polar surface area (TPSA) is 57.5 Å². The molecule has 1 unspecified atom stereocenters. The molecule has 6 nitrogen and oxygen atoms in total. The molecule has 3 rings (SSSR count). The number of nitrogens with zero attached hydrogens (tertiary/aromatic N) is 4. The maximum absolute atomic E-state index is 4.40. The number of guanidine groups is 1. The van der Waals surface area contributed by atoms with Gasteiger partial charge in [-0.05, 0) is 56.0 Å². The first-order valence-electron chi connectivity index (χ1n) is 10.4. The van der Waals surface area contributed by atoms with Gasteiger partial charge in [0.15, 0.2) is 5.96 Å². The number of benzene rings is 1. The number of hydrogen-bond acceptors (Lipinski definition) is 3. The van der Waals surface area contributed by atoms with Gasteiger partial charge in [-0.25, -0.2) is 0 Å². The average molecular weight is 510 g/mol. The fraction of sp³-hybridized carbons (Fsp3) is 0.545. The maximum Gasteiger partial charge on any atom is 0.191 e. The summed E-state index contributed by atoms with van der Waals surface area (Å²) in [5, 5.41) is 11.3. The lowest BCUT2D eigenvalue weighted by Gasteiger charge is -2.35. The van der Waals surface area contributed by atoms with E-state index in [0.29, 0.717) is 6.04 Å². The van der Waals surface area contributed by atoms with E-state index in [9.17, 15) is 0 Å². The van der Waals surface area contributed by atoms with Crippen molar-refractivity contribution in [2.75, 3.05) is 26.7 Å². The molecular formula is C22H35IN6. The molecule has 1 atom stereocenters. The molecule has 0 radical (unpaired) electrons. The highest BCUT2D eigenvalue weighted by atomic mass is 127. The van der Waals surface area contributed by atoms with E-state index < -0.39 is 0 Å². The quantitative estimate of drug-likeness (QED) is 0.341. The van der Waals surface area contributed by atoms with Crippen molar-refractivity contribution in [2.24, 2.45) is 10.9 Å². The fourth-order valence-electron chi connectivity index (χ4n) is 3.70. The third-order valence-corrected chi connectivity index (χ3v) is 5.69. The van der Waals surface area contributed by atoms with Gasteiger partial charge in [0.1, 0.15) is 0 Å². The lowest BCUT2D eigenvalue weighted by molar-refractivity contribution is 0.147. The normalized spacial score (nSPS) is 16.9. The van der Waals surface area contributed by atoms with Crippen LogP contribution in [-0.2, 0) is 13.1 Å². The number of piperidine rings is 1. The van der Waals surface area contributed by atoms with Gasteiger partial charge in [-0.3, -0.25) is 14.6 Å². The Hall–Kier alpha value is -1.61. The van der Waals surface area contributed by atoms with Crippen molar-refractivity contribution in [3.05, 3.63) is 53.9 Å². The first-order valence-corrected chi connectivity index (χ1v) is 10.4. The zero-order valence-electron chi connectivity index (χ0n) is 17.8. The van der Waals surface area contributed by atoms with Crippen LogP contribution in [0.15, 0.2) is 47.7 Å². The van der Waals surface area contributed by atoms with Gasteiger partial charge >= 0.3 is 0 Å². The van der Waals surface area contributed by atoms with E-state index in [4.69, 9.17) is 0 Å². The van der Waals surface area contributed by atoms with E-state index in [-0.39, 0.29) is 24.0 Å². The van der Waals surface area contributed by atoms with E-state index in [2.05, 4.69) is 63.7 Å². The molecule has 1 aromatic heterocycles. The van der Waals surface area contributed by atoms with Crippen LogP contribution in [0.25, 0.3) is 0 Å². The molecule has 0 aliphatic carbocycles. The van der Waals surface area contributed by atoms with Crippen LogP contribution in [0.4, 0.5) is 0 Å². The second-order valence-electron chi connectivity index (χ2n) is 7.85. The van der Waals surface area contributed by atoms with Crippen LogP contribution >= 0.6 is 24.0 Å². The van der Waals surface area contributed by atoms with Crippen molar-refractivity contribution < 1.29 is 0 Å². The van der Waals surface area contributed by atoms with Gasteiger partial charge in [-0.2, -0.15) is 5.10 Å². The van der Waals surface area contributed by atoms with Crippen LogP contribution in [-0.4, -0.2) is 53.4 Å². The number of hydrogen-bond donors (Lipinski definition) is 2. The van der Waals surface area contributed by atoms with Crippen molar-refractivity contribution in [1.82, 2.24) is 25.3 Å². The zero-order chi connectivity index (χ0) is 19.8. The first-order chi connectivity index (χ1) is 13.7. The van der Waals surface area contributed by atoms with Gasteiger partial charge in [0, 0.05) is 38.6 Å². The van der Waals surface area contributed by atoms with Crippen LogP contribution in [0, 0.1) is 5.92 Å². The number of nitrogens with one attached hydrogen (secondary N) is 2. The van der Waals surface area contributed by atoms with Crippen molar-refractivity contribution in [3.8, 4) is 0 Å². The lowest BCUT2D eigenvalue weighted by Crippen LogP contribution is -2.48. The van der Waals surface area contributed by atoms with Crippen molar-refractivity contribution in [3.63, 3.8) is 0 Å². The molecular weight excluding hydrogens is 475 g/mol. The summed E-state index contributed by atoms with van der Waals surface area (Å²) in [6, 6.07) is 11.0. The Balaban J connectivity index is 0.00000300. The maximum atomic E-state index is 4.40. The second kappa shape index (κ2) is 12.2. The molecule has 1 aromatic carbocycles. The molecule has 29 heavy (non-hydrogen) atoms. The van der Waals surface area contributed by atoms with E-state index in [1.807, 2.05) is 30.2 Å². The van der Waals surface area contributed by atoms with Crippen molar-refractivity contribution >= 4 is 29.9 Å². The number of likely N-dealkylation sites (tertiary alicyclic amines) is 1. The highest BCUT2D eigenvalue weighted by Gasteiger charge is 2.20. The Labute approximate surface area is 192 Å². The van der Waals surface area contributed by atoms with Gasteiger partial charge in [0.25, 0.3) is 0 Å². The predicted molar refractivity (Wildman–Crippen MR) is 131 cm³/mol. The Morgan fingerprint density at radius 3 is 2.55 bits per heavy atom. The summed E-state index contributed by atoms with van der Waals surface area (Å²) in [7, 11) is 1.83. The summed E-state index contributed by atoms with van der Waals surface area (Å²) in [6.45, 7) is 9.50. The van der Waals surface area contributed by atoms with Crippen LogP contribution in [0.1, 0.15) is 37.8 Å². The lowest BCUT2D eigenvalue weighted by atomic mass is 9.98. The smallest absolute Gasteiger partial charge is 0.191 e. The van der Waals surface area contributed by atoms with E-state index >= 15 is 0 Å². The number of halogens is 1. The minimum atomic E-state index is 0. The Morgan fingerprint density at radius 1 is 1.17 bits per heavy atom. The first kappa shape index (κ1) is 23.7. The number of aliphatic imine (C=N–C) groups is 1. The highest BCUT2D eigenvalue weighted by molar-refractivity contribution is 14.0. The van der Waals surface area contributed by atoms with Crippen LogP contribution in [0.3, 0.4) is 0 Å². The Bertz CT molecular complexity index is 738. The van der Waals surface area contributed by atoms with Gasteiger partial charge in [-0.1, -0.05) is 31.2 Å². The minimum absolute atomic E-state index is 0. The molecule has 1 aliphatic rings. The van der Waals surface area contributed by atoms with Crippen LogP contribution < -0.4 is 10.6 Å². The largest absolute Gasteiger partial charge is 0.355 e. The molecule has 0 saturated carbocycles. The van der Waals surface area contributed by atoms with E-state index in [1.54, 1.807) is 0 Å². The summed E-state index contributed by atoms with van der Waals surface area (Å²) in [4.78, 5) is 6.98. The van der Waals surface area contributed by atoms with Crippen molar-refractivity contribution in [2.45, 2.75) is 45.8 Å². The Morgan fingerprint density at radius 2 is 1.90 bits per heavy atom. The number of aromatic nitrogens is 2. The third-order valence-electron chi connectivity index (χ3n) is 5.69. The molecule has 2 aromatic rings. The molecule has 7 heteroatoms. The molecule has 2 N–H and O–H groups in total. The van der Waals surface area contributed by atoms with E-state index in [0.717, 1.165) is 31.5 Å². The summed E-state index contributed by atoms with van der Waals surface area (Å²) in [5.74, 6) is 1.72. The predicted octanol–water partition coefficient (Wildman–Crippen LogP) is 3.33. The average Bonchev–Trinajstić information content (AvgIpc) is 3.22. The number of rotatable bonds is 7. The summed E-state index contributed by atoms with van der Waals surface area (Å²) in [6.07, 6.45) is 6.43. The van der Waals surface area contributed by atoms with Gasteiger partial charge < -0.3 is 10.6 Å². The summed E-state index contributed by atoms with van der Waals surface area (Å²) >= 11 is 0. The molecule has 0 spiro atoms. The monoisotopic (exact) mass is 510 g/mol. The molecule has 2 heterocycles. The molecule has 0 bridgehead atoms. The zero-order valence-corrected chi connectivity index (χ0v) is 20.2. The molecule has 160 valence electrons. The fourth-order valence-corrected chi connectivity index (χ4v) is 3.70. The van der Waals surface area contributed by atoms with Gasteiger partial charge in [-0.15, -0.1) is 24.0 Å². The molecule has 1 aliphatic heterocycles.